The van der Waals surface area contributed by atoms with Gasteiger partial charge < -0.3 is 9.84 Å². The molecule has 0 spiro atoms. The number of aromatic nitrogens is 4. The van der Waals surface area contributed by atoms with E-state index in [1.165, 1.54) is 7.11 Å². The molecule has 0 unspecified atom stereocenters. The highest BCUT2D eigenvalue weighted by atomic mass is 16.5. The van der Waals surface area contributed by atoms with Crippen LogP contribution in [-0.4, -0.2) is 61.3 Å². The van der Waals surface area contributed by atoms with Gasteiger partial charge in [0, 0.05) is 24.5 Å². The van der Waals surface area contributed by atoms with E-state index in [-0.39, 0.29) is 5.97 Å². The molecule has 0 bridgehead atoms. The monoisotopic (exact) mass is 333 g/mol. The molecular formula is C16H23N5O3. The Hall–Kier alpha value is -2.19. The minimum Gasteiger partial charge on any atom is -0.468 e. The molecule has 8 nitrogen and oxygen atoms in total. The van der Waals surface area contributed by atoms with Crippen molar-refractivity contribution in [3.63, 3.8) is 0 Å². The normalized spacial score (nSPS) is 21.8. The summed E-state index contributed by atoms with van der Waals surface area (Å²) >= 11 is 0. The van der Waals surface area contributed by atoms with Gasteiger partial charge in [-0.05, 0) is 38.3 Å². The maximum absolute atomic E-state index is 12.1. The molecule has 1 N–H and O–H groups in total. The molecule has 3 heterocycles. The lowest BCUT2D eigenvalue weighted by atomic mass is 9.98. The summed E-state index contributed by atoms with van der Waals surface area (Å²) in [6.45, 7) is 5.36. The quantitative estimate of drug-likeness (QED) is 0.821. The van der Waals surface area contributed by atoms with Gasteiger partial charge in [-0.2, -0.15) is 0 Å². The van der Waals surface area contributed by atoms with E-state index >= 15 is 0 Å². The number of nitrogens with zero attached hydrogens (tertiary/aromatic N) is 5. The van der Waals surface area contributed by atoms with Crippen molar-refractivity contribution in [2.45, 2.75) is 45.4 Å². The summed E-state index contributed by atoms with van der Waals surface area (Å²) < 4.78 is 8.76. The zero-order valence-corrected chi connectivity index (χ0v) is 14.2. The Kier molecular flexibility index (Phi) is 4.68. The molecule has 0 aliphatic carbocycles. The van der Waals surface area contributed by atoms with Crippen LogP contribution in [0.15, 0.2) is 18.7 Å². The van der Waals surface area contributed by atoms with Crippen LogP contribution in [0.3, 0.4) is 0 Å². The van der Waals surface area contributed by atoms with Crippen LogP contribution in [0.2, 0.25) is 0 Å². The Morgan fingerprint density at radius 2 is 2.08 bits per heavy atom. The number of ether oxygens (including phenoxy) is 1. The third-order valence-corrected chi connectivity index (χ3v) is 4.67. The Bertz CT molecular complexity index is 710. The SMILES string of the molecule is COC(=O)[C@@H]1C[C@H](O)CCN1Cc1cc(C)n(-n2cnnc2)c1C. The number of aliphatic hydroxyl groups excluding tert-OH is 1. The molecule has 1 aliphatic heterocycles. The van der Waals surface area contributed by atoms with E-state index in [0.29, 0.717) is 25.9 Å². The van der Waals surface area contributed by atoms with Gasteiger partial charge in [-0.3, -0.25) is 14.4 Å². The van der Waals surface area contributed by atoms with Gasteiger partial charge in [-0.15, -0.1) is 10.2 Å². The molecule has 0 amide bonds. The summed E-state index contributed by atoms with van der Waals surface area (Å²) in [6.07, 6.45) is 3.93. The number of carbonyl (C=O) groups excluding carboxylic acids is 1. The summed E-state index contributed by atoms with van der Waals surface area (Å²) in [7, 11) is 1.39. The van der Waals surface area contributed by atoms with Crippen molar-refractivity contribution in [3.8, 4) is 0 Å². The van der Waals surface area contributed by atoms with Gasteiger partial charge in [0.05, 0.1) is 13.2 Å². The van der Waals surface area contributed by atoms with Crippen LogP contribution in [0, 0.1) is 13.8 Å². The predicted octanol–water partition coefficient (Wildman–Crippen LogP) is 0.506. The number of methoxy groups -OCH3 is 1. The minimum absolute atomic E-state index is 0.290. The zero-order chi connectivity index (χ0) is 17.3. The predicted molar refractivity (Wildman–Crippen MR) is 86.2 cm³/mol. The highest BCUT2D eigenvalue weighted by Gasteiger charge is 2.34. The van der Waals surface area contributed by atoms with Crippen molar-refractivity contribution >= 4 is 5.97 Å². The van der Waals surface area contributed by atoms with Gasteiger partial charge in [0.2, 0.25) is 0 Å². The molecule has 0 saturated carbocycles. The van der Waals surface area contributed by atoms with Gasteiger partial charge in [-0.1, -0.05) is 0 Å². The molecular weight excluding hydrogens is 310 g/mol. The first-order valence-electron chi connectivity index (χ1n) is 8.04. The number of hydrogen-bond acceptors (Lipinski definition) is 6. The highest BCUT2D eigenvalue weighted by Crippen LogP contribution is 2.24. The van der Waals surface area contributed by atoms with Crippen molar-refractivity contribution in [1.29, 1.82) is 0 Å². The molecule has 2 aromatic heterocycles. The van der Waals surface area contributed by atoms with Crippen molar-refractivity contribution in [3.05, 3.63) is 35.7 Å². The van der Waals surface area contributed by atoms with Crippen molar-refractivity contribution in [2.24, 2.45) is 0 Å². The van der Waals surface area contributed by atoms with Crippen molar-refractivity contribution in [1.82, 2.24) is 24.4 Å². The van der Waals surface area contributed by atoms with Gasteiger partial charge in [0.25, 0.3) is 0 Å². The van der Waals surface area contributed by atoms with Gasteiger partial charge in [0.15, 0.2) is 0 Å². The van der Waals surface area contributed by atoms with Gasteiger partial charge in [-0.25, -0.2) is 4.68 Å². The lowest BCUT2D eigenvalue weighted by molar-refractivity contribution is -0.150. The largest absolute Gasteiger partial charge is 0.468 e. The van der Waals surface area contributed by atoms with E-state index < -0.39 is 12.1 Å². The number of esters is 1. The number of hydrogen-bond donors (Lipinski definition) is 1. The van der Waals surface area contributed by atoms with Crippen LogP contribution >= 0.6 is 0 Å². The number of carbonyl (C=O) groups is 1. The van der Waals surface area contributed by atoms with Crippen LogP contribution < -0.4 is 0 Å². The topological polar surface area (TPSA) is 85.4 Å². The molecule has 130 valence electrons. The fraction of sp³-hybridized carbons (Fsp3) is 0.562. The summed E-state index contributed by atoms with van der Waals surface area (Å²) in [4.78, 5) is 14.1. The lowest BCUT2D eigenvalue weighted by Gasteiger charge is -2.36. The molecule has 24 heavy (non-hydrogen) atoms. The Morgan fingerprint density at radius 3 is 2.75 bits per heavy atom. The number of likely N-dealkylation sites (tertiary alicyclic amines) is 1. The number of aryl methyl sites for hydroxylation is 1. The molecule has 2 aromatic rings. The number of piperidine rings is 1. The first-order valence-corrected chi connectivity index (χ1v) is 8.04. The number of rotatable bonds is 4. The standard InChI is InChI=1S/C16H23N5O3/c1-11-6-13(12(2)21(11)20-9-17-18-10-20)8-19-5-4-14(22)7-15(19)16(23)24-3/h6,9-10,14-15,22H,4-5,7-8H2,1-3H3/t14-,15+/m1/s1. The van der Waals surface area contributed by atoms with Crippen molar-refractivity contribution < 1.29 is 14.6 Å². The van der Waals surface area contributed by atoms with E-state index in [4.69, 9.17) is 4.74 Å². The molecule has 2 atom stereocenters. The van der Waals surface area contributed by atoms with Crippen molar-refractivity contribution in [2.75, 3.05) is 13.7 Å². The smallest absolute Gasteiger partial charge is 0.323 e. The van der Waals surface area contributed by atoms with E-state index in [1.54, 1.807) is 12.7 Å². The molecule has 0 radical (unpaired) electrons. The molecule has 8 heteroatoms. The maximum atomic E-state index is 12.1. The fourth-order valence-corrected chi connectivity index (χ4v) is 3.42. The molecule has 1 fully saturated rings. The van der Waals surface area contributed by atoms with Crippen LogP contribution in [0.4, 0.5) is 0 Å². The first-order chi connectivity index (χ1) is 11.5. The second-order valence-corrected chi connectivity index (χ2v) is 6.24. The fourth-order valence-electron chi connectivity index (χ4n) is 3.42. The van der Waals surface area contributed by atoms with Crippen LogP contribution in [0.5, 0.6) is 0 Å². The van der Waals surface area contributed by atoms with E-state index in [1.807, 2.05) is 23.2 Å². The van der Waals surface area contributed by atoms with Crippen LogP contribution in [0.25, 0.3) is 0 Å². The Balaban J connectivity index is 1.85. The average molecular weight is 333 g/mol. The molecule has 0 aromatic carbocycles. The van der Waals surface area contributed by atoms with Crippen LogP contribution in [0.1, 0.15) is 29.8 Å². The van der Waals surface area contributed by atoms with E-state index in [0.717, 1.165) is 17.0 Å². The second-order valence-electron chi connectivity index (χ2n) is 6.24. The third kappa shape index (κ3) is 3.07. The third-order valence-electron chi connectivity index (χ3n) is 4.67. The number of aliphatic hydroxyl groups is 1. The van der Waals surface area contributed by atoms with Gasteiger partial charge >= 0.3 is 5.97 Å². The van der Waals surface area contributed by atoms with E-state index in [9.17, 15) is 9.90 Å². The Morgan fingerprint density at radius 1 is 1.38 bits per heavy atom. The first kappa shape index (κ1) is 16.7. The van der Waals surface area contributed by atoms with Gasteiger partial charge in [0.1, 0.15) is 18.7 Å². The summed E-state index contributed by atoms with van der Waals surface area (Å²) in [5, 5.41) is 17.6. The molecule has 1 aliphatic rings. The minimum atomic E-state index is -0.449. The molecule has 1 saturated heterocycles. The second kappa shape index (κ2) is 6.74. The summed E-state index contributed by atoms with van der Waals surface area (Å²) in [5.74, 6) is -0.290. The maximum Gasteiger partial charge on any atom is 0.323 e. The lowest BCUT2D eigenvalue weighted by Crippen LogP contribution is -2.48. The average Bonchev–Trinajstić information content (AvgIpc) is 3.17. The summed E-state index contributed by atoms with van der Waals surface area (Å²) in [6, 6.07) is 1.70. The zero-order valence-electron chi connectivity index (χ0n) is 14.2. The molecule has 3 rings (SSSR count). The summed E-state index contributed by atoms with van der Waals surface area (Å²) in [5.41, 5.74) is 3.27. The Labute approximate surface area is 140 Å². The van der Waals surface area contributed by atoms with E-state index in [2.05, 4.69) is 21.2 Å². The van der Waals surface area contributed by atoms with Crippen LogP contribution in [-0.2, 0) is 16.1 Å². The highest BCUT2D eigenvalue weighted by molar-refractivity contribution is 5.75.